The van der Waals surface area contributed by atoms with E-state index in [0.717, 1.165) is 44.2 Å². The van der Waals surface area contributed by atoms with E-state index in [1.54, 1.807) is 15.9 Å². The van der Waals surface area contributed by atoms with Crippen LogP contribution in [0.3, 0.4) is 0 Å². The first kappa shape index (κ1) is 22.6. The van der Waals surface area contributed by atoms with Crippen molar-refractivity contribution in [2.24, 2.45) is 5.92 Å². The van der Waals surface area contributed by atoms with Crippen LogP contribution in [0.1, 0.15) is 49.4 Å². The molecule has 2 unspecified atom stereocenters. The molecule has 3 aliphatic heterocycles. The van der Waals surface area contributed by atoms with E-state index >= 15 is 4.39 Å². The Hall–Kier alpha value is -2.19. The smallest absolute Gasteiger partial charge is 0.256 e. The summed E-state index contributed by atoms with van der Waals surface area (Å²) in [6.07, 6.45) is 4.70. The number of carbonyl (C=O) groups is 2. The molecule has 8 heteroatoms. The van der Waals surface area contributed by atoms with Gasteiger partial charge in [0.05, 0.1) is 5.56 Å². The lowest BCUT2D eigenvalue weighted by Crippen LogP contribution is -2.55. The van der Waals surface area contributed by atoms with Crippen LogP contribution in [0.2, 0.25) is 0 Å². The minimum Gasteiger partial charge on any atom is -0.380 e. The molecule has 2 atom stereocenters. The van der Waals surface area contributed by atoms with Crippen molar-refractivity contribution in [3.8, 4) is 0 Å². The van der Waals surface area contributed by atoms with Gasteiger partial charge in [-0.05, 0) is 69.3 Å². The van der Waals surface area contributed by atoms with E-state index < -0.39 is 11.4 Å². The highest BCUT2D eigenvalue weighted by Gasteiger charge is 2.50. The number of carbonyl (C=O) groups excluding carboxylic acids is 2. The van der Waals surface area contributed by atoms with Gasteiger partial charge in [0.2, 0.25) is 0 Å². The van der Waals surface area contributed by atoms with Gasteiger partial charge in [-0.15, -0.1) is 0 Å². The Morgan fingerprint density at radius 3 is 2.45 bits per heavy atom. The number of benzene rings is 1. The van der Waals surface area contributed by atoms with Crippen LogP contribution in [-0.2, 0) is 4.79 Å². The first-order chi connectivity index (χ1) is 15.9. The highest BCUT2D eigenvalue weighted by atomic mass is 19.1. The molecule has 1 N–H and O–H groups in total. The number of piperazine rings is 1. The van der Waals surface area contributed by atoms with Crippen molar-refractivity contribution in [1.29, 1.82) is 0 Å². The number of hydrogen-bond acceptors (Lipinski definition) is 5. The highest BCUT2D eigenvalue weighted by molar-refractivity contribution is 5.95. The first-order valence-corrected chi connectivity index (χ1v) is 12.5. The molecular weight excluding hydrogens is 423 g/mol. The minimum atomic E-state index is -1.19. The molecule has 1 saturated carbocycles. The largest absolute Gasteiger partial charge is 0.380 e. The maximum Gasteiger partial charge on any atom is 0.256 e. The van der Waals surface area contributed by atoms with E-state index in [0.29, 0.717) is 45.1 Å². The van der Waals surface area contributed by atoms with Crippen LogP contribution in [0.15, 0.2) is 18.2 Å². The summed E-state index contributed by atoms with van der Waals surface area (Å²) in [6, 6.07) is 5.52. The number of fused-ring (bicyclic) bond motifs is 1. The second kappa shape index (κ2) is 8.87. The Morgan fingerprint density at radius 2 is 1.79 bits per heavy atom. The molecule has 1 aromatic carbocycles. The Labute approximate surface area is 195 Å². The Kier molecular flexibility index (Phi) is 6.07. The lowest BCUT2D eigenvalue weighted by Gasteiger charge is -2.48. The van der Waals surface area contributed by atoms with E-state index in [4.69, 9.17) is 0 Å². The Balaban J connectivity index is 1.22. The maximum atomic E-state index is 15.1. The number of likely N-dealkylation sites (N-methyl/N-ethyl adjacent to an activating group) is 1. The molecule has 2 amide bonds. The molecule has 4 aliphatic rings. The van der Waals surface area contributed by atoms with Gasteiger partial charge >= 0.3 is 0 Å². The van der Waals surface area contributed by atoms with Crippen molar-refractivity contribution >= 4 is 17.5 Å². The number of rotatable bonds is 4. The molecule has 0 spiro atoms. The lowest BCUT2D eigenvalue weighted by molar-refractivity contribution is -0.143. The van der Waals surface area contributed by atoms with Crippen LogP contribution in [0.4, 0.5) is 10.1 Å². The number of anilines is 1. The third-order valence-electron chi connectivity index (χ3n) is 8.14. The fourth-order valence-electron chi connectivity index (χ4n) is 5.86. The summed E-state index contributed by atoms with van der Waals surface area (Å²) in [5.41, 5.74) is -0.256. The second-order valence-electron chi connectivity index (χ2n) is 10.1. The van der Waals surface area contributed by atoms with Gasteiger partial charge in [-0.3, -0.25) is 14.5 Å². The van der Waals surface area contributed by atoms with Gasteiger partial charge in [0.15, 0.2) is 0 Å². The summed E-state index contributed by atoms with van der Waals surface area (Å²) < 4.78 is 15.1. The summed E-state index contributed by atoms with van der Waals surface area (Å²) in [6.45, 7) is 7.69. The maximum absolute atomic E-state index is 15.1. The van der Waals surface area contributed by atoms with E-state index in [-0.39, 0.29) is 17.4 Å². The minimum absolute atomic E-state index is 0.0853. The van der Waals surface area contributed by atoms with Gasteiger partial charge in [-0.25, -0.2) is 4.39 Å². The van der Waals surface area contributed by atoms with Crippen LogP contribution in [0.5, 0.6) is 0 Å². The van der Waals surface area contributed by atoms with Crippen molar-refractivity contribution in [2.45, 2.75) is 50.7 Å². The van der Waals surface area contributed by atoms with Gasteiger partial charge < -0.3 is 19.8 Å². The fourth-order valence-corrected chi connectivity index (χ4v) is 5.86. The van der Waals surface area contributed by atoms with Crippen molar-refractivity contribution in [2.75, 3.05) is 57.3 Å². The summed E-state index contributed by atoms with van der Waals surface area (Å²) in [7, 11) is 0. The molecule has 5 rings (SSSR count). The topological polar surface area (TPSA) is 67.3 Å². The SMILES string of the molecule is CCN1CCCC2CCN(c3ccc(C(=O)N4CCN(C(=O)C5(O)CC5)CC4)c(F)c3)CC21. The molecule has 33 heavy (non-hydrogen) atoms. The molecule has 0 bridgehead atoms. The third kappa shape index (κ3) is 4.35. The molecule has 180 valence electrons. The summed E-state index contributed by atoms with van der Waals surface area (Å²) in [5, 5.41) is 10.0. The predicted molar refractivity (Wildman–Crippen MR) is 124 cm³/mol. The van der Waals surface area contributed by atoms with Crippen molar-refractivity contribution in [3.05, 3.63) is 29.6 Å². The van der Waals surface area contributed by atoms with Gasteiger partial charge in [-0.2, -0.15) is 0 Å². The Bertz CT molecular complexity index is 907. The summed E-state index contributed by atoms with van der Waals surface area (Å²) >= 11 is 0. The van der Waals surface area contributed by atoms with Crippen LogP contribution < -0.4 is 4.90 Å². The molecule has 3 saturated heterocycles. The number of hydrogen-bond donors (Lipinski definition) is 1. The van der Waals surface area contributed by atoms with Gasteiger partial charge in [0.1, 0.15) is 11.4 Å². The van der Waals surface area contributed by atoms with E-state index in [1.165, 1.54) is 18.9 Å². The fraction of sp³-hybridized carbons (Fsp3) is 0.680. The first-order valence-electron chi connectivity index (χ1n) is 12.5. The molecular formula is C25H35FN4O3. The molecule has 0 aromatic heterocycles. The predicted octanol–water partition coefficient (Wildman–Crippen LogP) is 1.95. The number of likely N-dealkylation sites (tertiary alicyclic amines) is 1. The molecule has 1 aliphatic carbocycles. The average Bonchev–Trinajstić information content (AvgIpc) is 3.61. The monoisotopic (exact) mass is 458 g/mol. The molecule has 0 radical (unpaired) electrons. The van der Waals surface area contributed by atoms with Gasteiger partial charge in [0.25, 0.3) is 11.8 Å². The highest BCUT2D eigenvalue weighted by Crippen LogP contribution is 2.37. The van der Waals surface area contributed by atoms with Crippen LogP contribution >= 0.6 is 0 Å². The zero-order chi connectivity index (χ0) is 23.2. The number of piperidine rings is 2. The van der Waals surface area contributed by atoms with Crippen molar-refractivity contribution in [3.63, 3.8) is 0 Å². The second-order valence-corrected chi connectivity index (χ2v) is 10.1. The van der Waals surface area contributed by atoms with Crippen molar-refractivity contribution < 1.29 is 19.1 Å². The lowest BCUT2D eigenvalue weighted by atomic mass is 9.83. The summed E-state index contributed by atoms with van der Waals surface area (Å²) in [4.78, 5) is 33.3. The number of nitrogens with zero attached hydrogens (tertiary/aromatic N) is 4. The molecule has 1 aromatic rings. The van der Waals surface area contributed by atoms with E-state index in [2.05, 4.69) is 16.7 Å². The third-order valence-corrected chi connectivity index (χ3v) is 8.14. The standard InChI is InChI=1S/C25H35FN4O3/c1-2-27-10-3-4-18-7-11-30(17-22(18)27)19-5-6-20(21(26)16-19)23(31)28-12-14-29(15-13-28)24(32)25(33)8-9-25/h5-6,16,18,22,33H,2-4,7-15,17H2,1H3. The number of amides is 2. The molecule has 7 nitrogen and oxygen atoms in total. The molecule has 3 heterocycles. The normalized spacial score (nSPS) is 27.3. The van der Waals surface area contributed by atoms with Gasteiger partial charge in [0, 0.05) is 51.0 Å². The Morgan fingerprint density at radius 1 is 1.06 bits per heavy atom. The van der Waals surface area contributed by atoms with Crippen LogP contribution in [0, 0.1) is 11.7 Å². The number of halogens is 1. The van der Waals surface area contributed by atoms with Crippen LogP contribution in [-0.4, -0.2) is 95.6 Å². The zero-order valence-corrected chi connectivity index (χ0v) is 19.5. The van der Waals surface area contributed by atoms with Crippen molar-refractivity contribution in [1.82, 2.24) is 14.7 Å². The molecule has 4 fully saturated rings. The van der Waals surface area contributed by atoms with E-state index in [9.17, 15) is 14.7 Å². The number of aliphatic hydroxyl groups is 1. The van der Waals surface area contributed by atoms with E-state index in [1.807, 2.05) is 6.07 Å². The average molecular weight is 459 g/mol. The van der Waals surface area contributed by atoms with Crippen LogP contribution in [0.25, 0.3) is 0 Å². The zero-order valence-electron chi connectivity index (χ0n) is 19.5. The van der Waals surface area contributed by atoms with Gasteiger partial charge in [-0.1, -0.05) is 6.92 Å². The quantitative estimate of drug-likeness (QED) is 0.747. The summed E-state index contributed by atoms with van der Waals surface area (Å²) in [5.74, 6) is -0.332.